The average molecular weight is 217 g/mol. The van der Waals surface area contributed by atoms with Crippen molar-refractivity contribution in [3.05, 3.63) is 0 Å². The van der Waals surface area contributed by atoms with Gasteiger partial charge < -0.3 is 15.2 Å². The Labute approximate surface area is 92.0 Å². The van der Waals surface area contributed by atoms with Crippen LogP contribution in [0, 0.1) is 5.92 Å². The third kappa shape index (κ3) is 7.19. The Hall–Kier alpha value is -0.770. The lowest BCUT2D eigenvalue weighted by Crippen LogP contribution is -2.40. The van der Waals surface area contributed by atoms with Gasteiger partial charge in [-0.3, -0.25) is 0 Å². The molecule has 2 N–H and O–H groups in total. The molecule has 0 fully saturated rings. The van der Waals surface area contributed by atoms with Crippen LogP contribution in [0.25, 0.3) is 0 Å². The molecule has 0 aliphatic rings. The molecule has 0 rings (SSSR count). The zero-order valence-electron chi connectivity index (χ0n) is 10.3. The first kappa shape index (κ1) is 14.2. The van der Waals surface area contributed by atoms with Gasteiger partial charge in [0.2, 0.25) is 0 Å². The molecule has 0 aromatic carbocycles. The van der Waals surface area contributed by atoms with Crippen molar-refractivity contribution in [2.75, 3.05) is 6.61 Å². The Morgan fingerprint density at radius 3 is 2.33 bits per heavy atom. The normalized spacial score (nSPS) is 15.6. The van der Waals surface area contributed by atoms with E-state index in [9.17, 15) is 4.79 Å². The second kappa shape index (κ2) is 5.95. The summed E-state index contributed by atoms with van der Waals surface area (Å²) >= 11 is 0. The van der Waals surface area contributed by atoms with Gasteiger partial charge in [-0.15, -0.1) is 0 Å². The lowest BCUT2D eigenvalue weighted by atomic mass is 10.0. The fourth-order valence-corrected chi connectivity index (χ4v) is 1.09. The summed E-state index contributed by atoms with van der Waals surface area (Å²) in [6, 6.07) is 0.00648. The van der Waals surface area contributed by atoms with Gasteiger partial charge in [0.15, 0.2) is 0 Å². The van der Waals surface area contributed by atoms with E-state index in [-0.39, 0.29) is 18.6 Å². The highest BCUT2D eigenvalue weighted by Crippen LogP contribution is 2.10. The molecule has 0 aliphatic carbocycles. The van der Waals surface area contributed by atoms with Gasteiger partial charge in [0.25, 0.3) is 0 Å². The highest BCUT2D eigenvalue weighted by atomic mass is 16.6. The quantitative estimate of drug-likeness (QED) is 0.756. The highest BCUT2D eigenvalue weighted by Gasteiger charge is 2.19. The molecule has 90 valence electrons. The van der Waals surface area contributed by atoms with Crippen LogP contribution in [0.4, 0.5) is 4.79 Å². The molecule has 4 nitrogen and oxygen atoms in total. The highest BCUT2D eigenvalue weighted by molar-refractivity contribution is 5.68. The SMILES string of the molecule is C[C@H](CCO)[C@H](C)NC(=O)OC(C)(C)C. The van der Waals surface area contributed by atoms with Crippen LogP contribution >= 0.6 is 0 Å². The third-order valence-corrected chi connectivity index (χ3v) is 2.18. The molecule has 0 saturated heterocycles. The maximum atomic E-state index is 11.4. The molecule has 0 aromatic rings. The number of hydrogen-bond donors (Lipinski definition) is 2. The summed E-state index contributed by atoms with van der Waals surface area (Å²) in [7, 11) is 0. The molecule has 2 atom stereocenters. The van der Waals surface area contributed by atoms with Crippen molar-refractivity contribution >= 4 is 6.09 Å². The molecule has 0 spiro atoms. The molecule has 0 unspecified atom stereocenters. The Morgan fingerprint density at radius 1 is 1.40 bits per heavy atom. The Bertz CT molecular complexity index is 198. The number of amides is 1. The monoisotopic (exact) mass is 217 g/mol. The number of aliphatic hydroxyl groups is 1. The molecular formula is C11H23NO3. The van der Waals surface area contributed by atoms with Crippen molar-refractivity contribution in [1.82, 2.24) is 5.32 Å². The largest absolute Gasteiger partial charge is 0.444 e. The van der Waals surface area contributed by atoms with Crippen LogP contribution in [0.1, 0.15) is 41.0 Å². The lowest BCUT2D eigenvalue weighted by molar-refractivity contribution is 0.0489. The van der Waals surface area contributed by atoms with E-state index >= 15 is 0 Å². The number of aliphatic hydroxyl groups excluding tert-OH is 1. The van der Waals surface area contributed by atoms with Gasteiger partial charge in [-0.1, -0.05) is 6.92 Å². The Kier molecular flexibility index (Phi) is 5.65. The van der Waals surface area contributed by atoms with E-state index in [0.717, 1.165) is 0 Å². The maximum Gasteiger partial charge on any atom is 0.407 e. The second-order valence-corrected chi connectivity index (χ2v) is 4.92. The third-order valence-electron chi connectivity index (χ3n) is 2.18. The van der Waals surface area contributed by atoms with Gasteiger partial charge in [-0.2, -0.15) is 0 Å². The van der Waals surface area contributed by atoms with Gasteiger partial charge in [-0.05, 0) is 40.0 Å². The van der Waals surface area contributed by atoms with E-state index in [0.29, 0.717) is 6.42 Å². The number of carbonyl (C=O) groups excluding carboxylic acids is 1. The van der Waals surface area contributed by atoms with Crippen LogP contribution < -0.4 is 5.32 Å². The predicted molar refractivity (Wildman–Crippen MR) is 59.7 cm³/mol. The van der Waals surface area contributed by atoms with Crippen molar-refractivity contribution in [2.45, 2.75) is 52.7 Å². The van der Waals surface area contributed by atoms with Gasteiger partial charge in [0.1, 0.15) is 5.60 Å². The van der Waals surface area contributed by atoms with E-state index in [4.69, 9.17) is 9.84 Å². The molecule has 15 heavy (non-hydrogen) atoms. The molecule has 0 bridgehead atoms. The van der Waals surface area contributed by atoms with Crippen molar-refractivity contribution in [3.8, 4) is 0 Å². The zero-order chi connectivity index (χ0) is 12.1. The standard InChI is InChI=1S/C11H23NO3/c1-8(6-7-13)9(2)12-10(14)15-11(3,4)5/h8-9,13H,6-7H2,1-5H3,(H,12,14)/t8-,9+/m1/s1. The van der Waals surface area contributed by atoms with E-state index in [1.54, 1.807) is 0 Å². The second-order valence-electron chi connectivity index (χ2n) is 4.92. The van der Waals surface area contributed by atoms with E-state index in [2.05, 4.69) is 5.32 Å². The number of carbonyl (C=O) groups is 1. The first-order chi connectivity index (χ1) is 6.76. The fraction of sp³-hybridized carbons (Fsp3) is 0.909. The van der Waals surface area contributed by atoms with Crippen molar-refractivity contribution in [2.24, 2.45) is 5.92 Å². The summed E-state index contributed by atoms with van der Waals surface area (Å²) in [6.07, 6.45) is 0.275. The Morgan fingerprint density at radius 2 is 1.93 bits per heavy atom. The number of alkyl carbamates (subject to hydrolysis) is 1. The lowest BCUT2D eigenvalue weighted by Gasteiger charge is -2.24. The molecule has 1 amide bonds. The summed E-state index contributed by atoms with van der Waals surface area (Å²) < 4.78 is 5.12. The van der Waals surface area contributed by atoms with Crippen LogP contribution in [0.3, 0.4) is 0 Å². The van der Waals surface area contributed by atoms with Crippen LogP contribution in [0.15, 0.2) is 0 Å². The summed E-state index contributed by atoms with van der Waals surface area (Å²) in [5.41, 5.74) is -0.468. The minimum Gasteiger partial charge on any atom is -0.444 e. The average Bonchev–Trinajstić information content (AvgIpc) is 2.00. The minimum absolute atomic E-state index is 0.00648. The zero-order valence-corrected chi connectivity index (χ0v) is 10.3. The van der Waals surface area contributed by atoms with Crippen LogP contribution in [0.5, 0.6) is 0 Å². The van der Waals surface area contributed by atoms with Crippen LogP contribution in [-0.2, 0) is 4.74 Å². The fourth-order valence-electron chi connectivity index (χ4n) is 1.09. The van der Waals surface area contributed by atoms with Gasteiger partial charge in [-0.25, -0.2) is 4.79 Å². The van der Waals surface area contributed by atoms with Crippen LogP contribution in [-0.4, -0.2) is 29.4 Å². The topological polar surface area (TPSA) is 58.6 Å². The number of ether oxygens (including phenoxy) is 1. The van der Waals surface area contributed by atoms with Crippen LogP contribution in [0.2, 0.25) is 0 Å². The van der Waals surface area contributed by atoms with Gasteiger partial charge in [0.05, 0.1) is 0 Å². The smallest absolute Gasteiger partial charge is 0.407 e. The summed E-state index contributed by atoms with van der Waals surface area (Å²) in [4.78, 5) is 11.4. The number of rotatable bonds is 4. The molecule has 0 aromatic heterocycles. The molecule has 4 heteroatoms. The van der Waals surface area contributed by atoms with Crippen molar-refractivity contribution < 1.29 is 14.6 Å². The number of nitrogens with one attached hydrogen (secondary N) is 1. The number of hydrogen-bond acceptors (Lipinski definition) is 3. The molecular weight excluding hydrogens is 194 g/mol. The van der Waals surface area contributed by atoms with Gasteiger partial charge >= 0.3 is 6.09 Å². The molecule has 0 aliphatic heterocycles. The van der Waals surface area contributed by atoms with E-state index in [1.165, 1.54) is 0 Å². The van der Waals surface area contributed by atoms with E-state index < -0.39 is 11.7 Å². The van der Waals surface area contributed by atoms with Crippen molar-refractivity contribution in [1.29, 1.82) is 0 Å². The summed E-state index contributed by atoms with van der Waals surface area (Å²) in [5, 5.41) is 11.5. The summed E-state index contributed by atoms with van der Waals surface area (Å²) in [5.74, 6) is 0.238. The first-order valence-electron chi connectivity index (χ1n) is 5.36. The maximum absolute atomic E-state index is 11.4. The van der Waals surface area contributed by atoms with Gasteiger partial charge in [0, 0.05) is 12.6 Å². The first-order valence-corrected chi connectivity index (χ1v) is 5.36. The molecule has 0 saturated carbocycles. The molecule has 0 heterocycles. The minimum atomic E-state index is -0.468. The molecule has 0 radical (unpaired) electrons. The van der Waals surface area contributed by atoms with Crippen molar-refractivity contribution in [3.63, 3.8) is 0 Å². The van der Waals surface area contributed by atoms with E-state index in [1.807, 2.05) is 34.6 Å². The summed E-state index contributed by atoms with van der Waals surface area (Å²) in [6.45, 7) is 9.52. The Balaban J connectivity index is 3.96. The predicted octanol–water partition coefficient (Wildman–Crippen LogP) is 1.92.